The minimum absolute atomic E-state index is 0.268. The molecule has 0 bridgehead atoms. The number of nitrogens with zero attached hydrogens (tertiary/aromatic N) is 3. The third-order valence-corrected chi connectivity index (χ3v) is 4.45. The predicted molar refractivity (Wildman–Crippen MR) is 105 cm³/mol. The van der Waals surface area contributed by atoms with Crippen molar-refractivity contribution in [2.75, 3.05) is 40.4 Å². The summed E-state index contributed by atoms with van der Waals surface area (Å²) in [6, 6.07) is 9.04. The zero-order chi connectivity index (χ0) is 20.3. The van der Waals surface area contributed by atoms with E-state index in [0.717, 1.165) is 5.56 Å². The molecule has 0 spiro atoms. The molecule has 1 heterocycles. The van der Waals surface area contributed by atoms with Crippen molar-refractivity contribution >= 4 is 23.3 Å². The molecule has 0 fully saturated rings. The second-order valence-corrected chi connectivity index (χ2v) is 6.10. The second-order valence-electron chi connectivity index (χ2n) is 5.69. The smallest absolute Gasteiger partial charge is 0.328 e. The van der Waals surface area contributed by atoms with E-state index in [1.165, 1.54) is 7.11 Å². The van der Waals surface area contributed by atoms with Crippen molar-refractivity contribution in [3.8, 4) is 34.4 Å². The Morgan fingerprint density at radius 1 is 0.857 bits per heavy atom. The highest BCUT2D eigenvalue weighted by molar-refractivity contribution is 6.32. The Morgan fingerprint density at radius 2 is 1.54 bits per heavy atom. The minimum atomic E-state index is 0.268. The Bertz CT molecular complexity index is 976. The highest BCUT2D eigenvalue weighted by atomic mass is 35.5. The van der Waals surface area contributed by atoms with Crippen LogP contribution in [0.3, 0.4) is 0 Å². The van der Waals surface area contributed by atoms with Crippen LogP contribution < -0.4 is 23.8 Å². The van der Waals surface area contributed by atoms with Crippen LogP contribution in [0.15, 0.2) is 34.9 Å². The van der Waals surface area contributed by atoms with Crippen LogP contribution in [-0.2, 0) is 0 Å². The molecule has 0 aliphatic rings. The number of rotatable bonds is 7. The Morgan fingerprint density at radius 3 is 2.18 bits per heavy atom. The molecule has 0 N–H and O–H groups in total. The summed E-state index contributed by atoms with van der Waals surface area (Å²) in [6.45, 7) is 0. The molecule has 28 heavy (non-hydrogen) atoms. The van der Waals surface area contributed by atoms with Gasteiger partial charge in [-0.25, -0.2) is 0 Å². The van der Waals surface area contributed by atoms with Gasteiger partial charge in [0.25, 0.3) is 0 Å². The number of hydrogen-bond donors (Lipinski definition) is 0. The summed E-state index contributed by atoms with van der Waals surface area (Å²) in [5.41, 5.74) is 1.37. The molecular weight excluding hydrogens is 386 g/mol. The monoisotopic (exact) mass is 405 g/mol. The molecular formula is C19H20ClN3O5. The first kappa shape index (κ1) is 19.6. The molecule has 3 aromatic rings. The maximum Gasteiger partial charge on any atom is 0.328 e. The molecule has 3 rings (SSSR count). The lowest BCUT2D eigenvalue weighted by molar-refractivity contribution is 0.355. The van der Waals surface area contributed by atoms with Gasteiger partial charge in [0.05, 0.1) is 39.1 Å². The van der Waals surface area contributed by atoms with E-state index >= 15 is 0 Å². The Balaban J connectivity index is 1.95. The van der Waals surface area contributed by atoms with Crippen LogP contribution in [0.5, 0.6) is 23.0 Å². The van der Waals surface area contributed by atoms with Gasteiger partial charge in [-0.15, -0.1) is 0 Å². The van der Waals surface area contributed by atoms with Crippen LogP contribution in [0.4, 0.5) is 11.7 Å². The van der Waals surface area contributed by atoms with Gasteiger partial charge in [-0.3, -0.25) is 4.90 Å². The van der Waals surface area contributed by atoms with Crippen molar-refractivity contribution in [1.29, 1.82) is 0 Å². The molecule has 2 aromatic carbocycles. The number of methoxy groups -OCH3 is 4. The molecule has 0 saturated heterocycles. The van der Waals surface area contributed by atoms with Crippen LogP contribution in [-0.4, -0.2) is 45.6 Å². The Kier molecular flexibility index (Phi) is 5.79. The van der Waals surface area contributed by atoms with Crippen LogP contribution in [0.25, 0.3) is 11.4 Å². The Labute approximate surface area is 167 Å². The van der Waals surface area contributed by atoms with E-state index in [9.17, 15) is 0 Å². The van der Waals surface area contributed by atoms with Gasteiger partial charge in [0, 0.05) is 18.7 Å². The number of aromatic nitrogens is 2. The topological polar surface area (TPSA) is 79.1 Å². The van der Waals surface area contributed by atoms with Crippen LogP contribution >= 0.6 is 11.6 Å². The van der Waals surface area contributed by atoms with Gasteiger partial charge in [0.2, 0.25) is 5.82 Å². The van der Waals surface area contributed by atoms with Gasteiger partial charge < -0.3 is 23.5 Å². The summed E-state index contributed by atoms with van der Waals surface area (Å²) in [4.78, 5) is 6.14. The number of benzene rings is 2. The molecule has 0 amide bonds. The standard InChI is InChI=1S/C19H20ClN3O5/c1-23(13-9-12(20)15(25-3)10-16(13)26-4)19-21-18(22-28-19)11-6-7-14(24-2)17(8-11)27-5/h6-10H,1-5H3. The fourth-order valence-corrected chi connectivity index (χ4v) is 2.89. The van der Waals surface area contributed by atoms with Crippen LogP contribution in [0.1, 0.15) is 0 Å². The van der Waals surface area contributed by atoms with Crippen LogP contribution in [0.2, 0.25) is 5.02 Å². The molecule has 0 aliphatic heterocycles. The largest absolute Gasteiger partial charge is 0.495 e. The summed E-state index contributed by atoms with van der Waals surface area (Å²) in [7, 11) is 8.01. The molecule has 8 nitrogen and oxygen atoms in total. The van der Waals surface area contributed by atoms with Crippen molar-refractivity contribution in [1.82, 2.24) is 10.1 Å². The molecule has 0 atom stereocenters. The number of hydrogen-bond acceptors (Lipinski definition) is 8. The van der Waals surface area contributed by atoms with E-state index in [0.29, 0.717) is 39.5 Å². The van der Waals surface area contributed by atoms with Crippen molar-refractivity contribution in [2.24, 2.45) is 0 Å². The van der Waals surface area contributed by atoms with Crippen molar-refractivity contribution < 1.29 is 23.5 Å². The van der Waals surface area contributed by atoms with E-state index < -0.39 is 0 Å². The summed E-state index contributed by atoms with van der Waals surface area (Å²) < 4.78 is 26.7. The molecule has 1 aromatic heterocycles. The van der Waals surface area contributed by atoms with Gasteiger partial charge in [-0.1, -0.05) is 16.8 Å². The summed E-state index contributed by atoms with van der Waals surface area (Å²) in [5, 5.41) is 4.49. The summed E-state index contributed by atoms with van der Waals surface area (Å²) in [5.74, 6) is 2.65. The van der Waals surface area contributed by atoms with Gasteiger partial charge in [-0.05, 0) is 24.3 Å². The third-order valence-electron chi connectivity index (χ3n) is 4.16. The SMILES string of the molecule is COc1cc(OC)c(N(C)c2nc(-c3ccc(OC)c(OC)c3)no2)cc1Cl. The average molecular weight is 406 g/mol. The van der Waals surface area contributed by atoms with E-state index in [-0.39, 0.29) is 6.01 Å². The first-order chi connectivity index (χ1) is 13.5. The van der Waals surface area contributed by atoms with Gasteiger partial charge in [0.15, 0.2) is 11.5 Å². The number of halogens is 1. The zero-order valence-electron chi connectivity index (χ0n) is 16.1. The van der Waals surface area contributed by atoms with E-state index in [2.05, 4.69) is 10.1 Å². The molecule has 0 unspecified atom stereocenters. The normalized spacial score (nSPS) is 10.5. The molecule has 0 aliphatic carbocycles. The lowest BCUT2D eigenvalue weighted by Gasteiger charge is -2.18. The van der Waals surface area contributed by atoms with Gasteiger partial charge in [-0.2, -0.15) is 4.98 Å². The van der Waals surface area contributed by atoms with Crippen molar-refractivity contribution in [3.63, 3.8) is 0 Å². The first-order valence-corrected chi connectivity index (χ1v) is 8.61. The molecule has 0 radical (unpaired) electrons. The fraction of sp³-hybridized carbons (Fsp3) is 0.263. The second kappa shape index (κ2) is 8.26. The molecule has 0 saturated carbocycles. The van der Waals surface area contributed by atoms with Gasteiger partial charge in [0.1, 0.15) is 11.5 Å². The fourth-order valence-electron chi connectivity index (χ4n) is 2.65. The zero-order valence-corrected chi connectivity index (χ0v) is 16.9. The predicted octanol–water partition coefficient (Wildman–Crippen LogP) is 4.19. The first-order valence-electron chi connectivity index (χ1n) is 8.23. The molecule has 9 heteroatoms. The van der Waals surface area contributed by atoms with E-state index in [4.69, 9.17) is 35.1 Å². The Hall–Kier alpha value is -3.13. The number of anilines is 2. The average Bonchev–Trinajstić information content (AvgIpc) is 3.22. The highest BCUT2D eigenvalue weighted by Gasteiger charge is 2.20. The highest BCUT2D eigenvalue weighted by Crippen LogP contribution is 2.40. The van der Waals surface area contributed by atoms with Crippen molar-refractivity contribution in [3.05, 3.63) is 35.4 Å². The maximum absolute atomic E-state index is 6.25. The lowest BCUT2D eigenvalue weighted by Crippen LogP contribution is -2.11. The number of ether oxygens (including phenoxy) is 4. The summed E-state index contributed by atoms with van der Waals surface area (Å²) >= 11 is 6.25. The van der Waals surface area contributed by atoms with Crippen LogP contribution in [0, 0.1) is 0 Å². The van der Waals surface area contributed by atoms with Crippen molar-refractivity contribution in [2.45, 2.75) is 0 Å². The van der Waals surface area contributed by atoms with Gasteiger partial charge >= 0.3 is 6.01 Å². The molecule has 148 valence electrons. The lowest BCUT2D eigenvalue weighted by atomic mass is 10.2. The summed E-state index contributed by atoms with van der Waals surface area (Å²) in [6.07, 6.45) is 0. The van der Waals surface area contributed by atoms with E-state index in [1.54, 1.807) is 57.5 Å². The van der Waals surface area contributed by atoms with E-state index in [1.807, 2.05) is 6.07 Å². The third kappa shape index (κ3) is 3.63. The minimum Gasteiger partial charge on any atom is -0.495 e. The maximum atomic E-state index is 6.25. The quantitative estimate of drug-likeness (QED) is 0.578.